The molecule has 2 aromatic rings. The van der Waals surface area contributed by atoms with E-state index in [4.69, 9.17) is 0 Å². The third kappa shape index (κ3) is 0.719. The minimum absolute atomic E-state index is 0.0868. The number of rotatable bonds is 0. The summed E-state index contributed by atoms with van der Waals surface area (Å²) in [6.07, 6.45) is 1.64. The maximum Gasteiger partial charge on any atom is 0.197 e. The summed E-state index contributed by atoms with van der Waals surface area (Å²) in [7, 11) is 1.86. The van der Waals surface area contributed by atoms with Crippen LogP contribution in [0.15, 0.2) is 30.5 Å². The van der Waals surface area contributed by atoms with E-state index in [2.05, 4.69) is 5.10 Å². The van der Waals surface area contributed by atoms with E-state index in [0.717, 1.165) is 16.8 Å². The second-order valence-corrected chi connectivity index (χ2v) is 3.41. The average Bonchev–Trinajstić information content (AvgIpc) is 2.70. The molecule has 3 nitrogen and oxygen atoms in total. The monoisotopic (exact) mass is 184 g/mol. The van der Waals surface area contributed by atoms with Gasteiger partial charge in [0.15, 0.2) is 5.78 Å². The van der Waals surface area contributed by atoms with Crippen LogP contribution in [0.5, 0.6) is 0 Å². The van der Waals surface area contributed by atoms with E-state index >= 15 is 0 Å². The summed E-state index contributed by atoms with van der Waals surface area (Å²) in [5, 5.41) is 4.08. The van der Waals surface area contributed by atoms with Crippen molar-refractivity contribution in [2.24, 2.45) is 7.05 Å². The zero-order chi connectivity index (χ0) is 9.71. The molecule has 0 spiro atoms. The van der Waals surface area contributed by atoms with Crippen LogP contribution >= 0.6 is 0 Å². The summed E-state index contributed by atoms with van der Waals surface area (Å²) in [5.74, 6) is 0.0868. The molecule has 0 aliphatic heterocycles. The van der Waals surface area contributed by atoms with Crippen molar-refractivity contribution >= 4 is 5.78 Å². The van der Waals surface area contributed by atoms with Gasteiger partial charge in [0.2, 0.25) is 0 Å². The third-order valence-electron chi connectivity index (χ3n) is 2.61. The number of carbonyl (C=O) groups excluding carboxylic acids is 1. The Morgan fingerprint density at radius 3 is 2.64 bits per heavy atom. The molecule has 1 heterocycles. The van der Waals surface area contributed by atoms with E-state index in [0.29, 0.717) is 5.56 Å². The number of carbonyl (C=O) groups is 1. The zero-order valence-corrected chi connectivity index (χ0v) is 7.69. The van der Waals surface area contributed by atoms with Crippen molar-refractivity contribution in [3.8, 4) is 11.3 Å². The molecule has 0 atom stereocenters. The van der Waals surface area contributed by atoms with Crippen LogP contribution in [0.1, 0.15) is 15.9 Å². The zero-order valence-electron chi connectivity index (χ0n) is 7.69. The van der Waals surface area contributed by atoms with Gasteiger partial charge in [0.25, 0.3) is 0 Å². The Kier molecular flexibility index (Phi) is 1.24. The minimum Gasteiger partial charge on any atom is -0.288 e. The Bertz CT molecular complexity index is 540. The van der Waals surface area contributed by atoms with Gasteiger partial charge in [-0.05, 0) is 0 Å². The van der Waals surface area contributed by atoms with Crippen molar-refractivity contribution in [1.29, 1.82) is 0 Å². The molecule has 0 saturated heterocycles. The van der Waals surface area contributed by atoms with Gasteiger partial charge >= 0.3 is 0 Å². The van der Waals surface area contributed by atoms with Crippen LogP contribution in [0.2, 0.25) is 0 Å². The number of nitrogens with zero attached hydrogens (tertiary/aromatic N) is 2. The molecule has 0 bridgehead atoms. The summed E-state index contributed by atoms with van der Waals surface area (Å²) in [5.41, 5.74) is 3.43. The second-order valence-electron chi connectivity index (χ2n) is 3.41. The lowest BCUT2D eigenvalue weighted by molar-refractivity contribution is 0.104. The predicted molar refractivity (Wildman–Crippen MR) is 52.1 cm³/mol. The molecule has 1 aromatic carbocycles. The highest BCUT2D eigenvalue weighted by molar-refractivity contribution is 6.20. The van der Waals surface area contributed by atoms with Crippen molar-refractivity contribution in [1.82, 2.24) is 9.78 Å². The Morgan fingerprint density at radius 2 is 1.86 bits per heavy atom. The summed E-state index contributed by atoms with van der Waals surface area (Å²) in [6, 6.07) is 7.64. The van der Waals surface area contributed by atoms with Crippen LogP contribution < -0.4 is 0 Å². The van der Waals surface area contributed by atoms with Crippen LogP contribution in [-0.4, -0.2) is 15.6 Å². The van der Waals surface area contributed by atoms with Crippen molar-refractivity contribution < 1.29 is 4.79 Å². The summed E-state index contributed by atoms with van der Waals surface area (Å²) >= 11 is 0. The van der Waals surface area contributed by atoms with Crippen LogP contribution in [0.25, 0.3) is 11.3 Å². The minimum atomic E-state index is 0.0868. The van der Waals surface area contributed by atoms with Gasteiger partial charge in [-0.1, -0.05) is 24.3 Å². The van der Waals surface area contributed by atoms with Gasteiger partial charge in [0, 0.05) is 18.2 Å². The highest BCUT2D eigenvalue weighted by atomic mass is 16.1. The van der Waals surface area contributed by atoms with E-state index in [1.54, 1.807) is 10.9 Å². The van der Waals surface area contributed by atoms with E-state index in [9.17, 15) is 4.79 Å². The van der Waals surface area contributed by atoms with E-state index in [-0.39, 0.29) is 5.78 Å². The molecule has 0 unspecified atom stereocenters. The van der Waals surface area contributed by atoms with Gasteiger partial charge in [-0.3, -0.25) is 9.48 Å². The fraction of sp³-hybridized carbons (Fsp3) is 0.0909. The number of aromatic nitrogens is 2. The van der Waals surface area contributed by atoms with E-state index in [1.165, 1.54) is 0 Å². The molecule has 1 aliphatic carbocycles. The number of fused-ring (bicyclic) bond motifs is 3. The quantitative estimate of drug-likeness (QED) is 0.532. The lowest BCUT2D eigenvalue weighted by atomic mass is 10.1. The molecule has 0 saturated carbocycles. The van der Waals surface area contributed by atoms with Crippen molar-refractivity contribution in [3.05, 3.63) is 41.6 Å². The number of ketones is 1. The largest absolute Gasteiger partial charge is 0.288 e. The maximum atomic E-state index is 11.8. The maximum absolute atomic E-state index is 11.8. The summed E-state index contributed by atoms with van der Waals surface area (Å²) < 4.78 is 1.75. The first kappa shape index (κ1) is 7.50. The molecule has 3 rings (SSSR count). The smallest absolute Gasteiger partial charge is 0.197 e. The van der Waals surface area contributed by atoms with Crippen LogP contribution in [-0.2, 0) is 7.05 Å². The van der Waals surface area contributed by atoms with Gasteiger partial charge in [-0.15, -0.1) is 0 Å². The van der Waals surface area contributed by atoms with Gasteiger partial charge in [-0.25, -0.2) is 0 Å². The standard InChI is InChI=1S/C11H8N2O/c1-13-10-7-4-2-3-5-8(7)11(14)9(10)6-12-13/h2-6H,1H3. The molecule has 0 amide bonds. The Balaban J connectivity index is 2.44. The van der Waals surface area contributed by atoms with Gasteiger partial charge in [-0.2, -0.15) is 5.10 Å². The number of hydrogen-bond donors (Lipinski definition) is 0. The van der Waals surface area contributed by atoms with Crippen molar-refractivity contribution in [3.63, 3.8) is 0 Å². The molecule has 68 valence electrons. The van der Waals surface area contributed by atoms with E-state index in [1.807, 2.05) is 31.3 Å². The Morgan fingerprint density at radius 1 is 1.14 bits per heavy atom. The lowest BCUT2D eigenvalue weighted by Crippen LogP contribution is -1.94. The highest BCUT2D eigenvalue weighted by Gasteiger charge is 2.29. The fourth-order valence-corrected chi connectivity index (χ4v) is 1.96. The first-order valence-corrected chi connectivity index (χ1v) is 4.45. The van der Waals surface area contributed by atoms with Gasteiger partial charge in [0.1, 0.15) is 0 Å². The van der Waals surface area contributed by atoms with Gasteiger partial charge < -0.3 is 0 Å². The van der Waals surface area contributed by atoms with E-state index < -0.39 is 0 Å². The number of benzene rings is 1. The Labute approximate surface area is 81.0 Å². The topological polar surface area (TPSA) is 34.9 Å². The highest BCUT2D eigenvalue weighted by Crippen LogP contribution is 2.35. The fourth-order valence-electron chi connectivity index (χ4n) is 1.96. The SMILES string of the molecule is Cn1ncc2c1-c1ccccc1C2=O. The third-order valence-corrected chi connectivity index (χ3v) is 2.61. The normalized spacial score (nSPS) is 12.8. The predicted octanol–water partition coefficient (Wildman–Crippen LogP) is 1.63. The molecular weight excluding hydrogens is 176 g/mol. The van der Waals surface area contributed by atoms with Crippen molar-refractivity contribution in [2.45, 2.75) is 0 Å². The second kappa shape index (κ2) is 2.32. The number of hydrogen-bond acceptors (Lipinski definition) is 2. The first-order chi connectivity index (χ1) is 6.79. The average molecular weight is 184 g/mol. The molecule has 1 aliphatic rings. The van der Waals surface area contributed by atoms with Crippen LogP contribution in [0.3, 0.4) is 0 Å². The molecular formula is C11H8N2O. The molecule has 0 radical (unpaired) electrons. The van der Waals surface area contributed by atoms with Gasteiger partial charge in [0.05, 0.1) is 17.5 Å². The Hall–Kier alpha value is -1.90. The summed E-state index contributed by atoms with van der Waals surface area (Å²) in [4.78, 5) is 11.8. The lowest BCUT2D eigenvalue weighted by Gasteiger charge is -1.99. The molecule has 0 N–H and O–H groups in total. The first-order valence-electron chi connectivity index (χ1n) is 4.45. The summed E-state index contributed by atoms with van der Waals surface area (Å²) in [6.45, 7) is 0. The molecule has 1 aromatic heterocycles. The molecule has 14 heavy (non-hydrogen) atoms. The number of aryl methyl sites for hydroxylation is 1. The van der Waals surface area contributed by atoms with Crippen LogP contribution in [0, 0.1) is 0 Å². The van der Waals surface area contributed by atoms with Crippen molar-refractivity contribution in [2.75, 3.05) is 0 Å². The molecule has 0 fully saturated rings. The van der Waals surface area contributed by atoms with Crippen LogP contribution in [0.4, 0.5) is 0 Å². The molecule has 3 heteroatoms.